The van der Waals surface area contributed by atoms with Gasteiger partial charge in [-0.25, -0.2) is 9.97 Å². The maximum absolute atomic E-state index is 12.4. The summed E-state index contributed by atoms with van der Waals surface area (Å²) in [5.41, 5.74) is 2.63. The lowest BCUT2D eigenvalue weighted by Gasteiger charge is -2.27. The van der Waals surface area contributed by atoms with Crippen LogP contribution in [0.1, 0.15) is 16.8 Å². The number of pyridine rings is 1. The number of hydrogen-bond donors (Lipinski definition) is 1. The molecule has 24 heavy (non-hydrogen) atoms. The van der Waals surface area contributed by atoms with Crippen LogP contribution in [0.4, 0.5) is 0 Å². The normalized spacial score (nSPS) is 14.5. The molecule has 6 nitrogen and oxygen atoms in total. The number of nitrogens with one attached hydrogen (secondary N) is 1. The molecule has 0 unspecified atom stereocenters. The topological polar surface area (TPSA) is 75.0 Å². The molecule has 0 bridgehead atoms. The first-order valence-corrected chi connectivity index (χ1v) is 8.47. The highest BCUT2D eigenvalue weighted by Crippen LogP contribution is 2.20. The largest absolute Gasteiger partial charge is 0.461 e. The molecule has 0 saturated carbocycles. The molecule has 0 radical (unpaired) electrons. The van der Waals surface area contributed by atoms with Crippen molar-refractivity contribution in [1.82, 2.24) is 19.9 Å². The first-order valence-electron chi connectivity index (χ1n) is 7.68. The highest BCUT2D eigenvalue weighted by molar-refractivity contribution is 9.10. The van der Waals surface area contributed by atoms with Gasteiger partial charge in [0, 0.05) is 32.3 Å². The van der Waals surface area contributed by atoms with Crippen LogP contribution in [0.2, 0.25) is 0 Å². The zero-order valence-corrected chi connectivity index (χ0v) is 14.4. The molecule has 4 heterocycles. The first-order chi connectivity index (χ1) is 11.7. The van der Waals surface area contributed by atoms with E-state index in [9.17, 15) is 4.79 Å². The third-order valence-corrected chi connectivity index (χ3v) is 4.57. The number of nitrogens with zero attached hydrogens (tertiary/aromatic N) is 3. The molecule has 122 valence electrons. The second-order valence-corrected chi connectivity index (χ2v) is 6.58. The van der Waals surface area contributed by atoms with Gasteiger partial charge < -0.3 is 9.40 Å². The Morgan fingerprint density at radius 1 is 1.33 bits per heavy atom. The van der Waals surface area contributed by atoms with Crippen LogP contribution in [0.15, 0.2) is 50.5 Å². The van der Waals surface area contributed by atoms with Crippen molar-refractivity contribution in [3.05, 3.63) is 68.5 Å². The number of aromatic nitrogens is 3. The van der Waals surface area contributed by atoms with Crippen molar-refractivity contribution in [3.8, 4) is 11.6 Å². The average Bonchev–Trinajstić information content (AvgIpc) is 3.12. The number of furan rings is 1. The van der Waals surface area contributed by atoms with Crippen molar-refractivity contribution in [2.45, 2.75) is 19.5 Å². The summed E-state index contributed by atoms with van der Waals surface area (Å²) in [6, 6.07) is 7.54. The van der Waals surface area contributed by atoms with Crippen molar-refractivity contribution in [3.63, 3.8) is 0 Å². The lowest BCUT2D eigenvalue weighted by atomic mass is 10.1. The molecule has 1 aliphatic rings. The number of H-pyrrole nitrogens is 1. The molecular weight excluding hydrogens is 372 g/mol. The summed E-state index contributed by atoms with van der Waals surface area (Å²) in [5, 5.41) is 0. The van der Waals surface area contributed by atoms with Crippen LogP contribution in [0.5, 0.6) is 0 Å². The highest BCUT2D eigenvalue weighted by atomic mass is 79.9. The van der Waals surface area contributed by atoms with Crippen molar-refractivity contribution in [2.75, 3.05) is 6.54 Å². The third kappa shape index (κ3) is 3.05. The second kappa shape index (κ2) is 6.33. The predicted octanol–water partition coefficient (Wildman–Crippen LogP) is 2.75. The van der Waals surface area contributed by atoms with E-state index in [4.69, 9.17) is 4.42 Å². The summed E-state index contributed by atoms with van der Waals surface area (Å²) in [6.07, 6.45) is 4.17. The fourth-order valence-corrected chi connectivity index (χ4v) is 3.14. The van der Waals surface area contributed by atoms with Crippen LogP contribution in [-0.4, -0.2) is 26.4 Å². The molecule has 1 aliphatic heterocycles. The molecule has 4 rings (SSSR count). The van der Waals surface area contributed by atoms with Gasteiger partial charge in [-0.3, -0.25) is 9.69 Å². The monoisotopic (exact) mass is 386 g/mol. The SMILES string of the molecule is O=c1[nH]c(-c2ccco2)nc2c1CN(Cc1ccc(Br)nc1)CC2. The molecule has 0 saturated heterocycles. The number of hydrogen-bond acceptors (Lipinski definition) is 5. The Morgan fingerprint density at radius 3 is 3.00 bits per heavy atom. The van der Waals surface area contributed by atoms with Crippen LogP contribution in [0, 0.1) is 0 Å². The van der Waals surface area contributed by atoms with E-state index in [1.165, 1.54) is 0 Å². The lowest BCUT2D eigenvalue weighted by molar-refractivity contribution is 0.241. The second-order valence-electron chi connectivity index (χ2n) is 5.77. The van der Waals surface area contributed by atoms with Gasteiger partial charge in [0.15, 0.2) is 11.6 Å². The zero-order valence-electron chi connectivity index (χ0n) is 12.8. The van der Waals surface area contributed by atoms with Crippen molar-refractivity contribution in [1.29, 1.82) is 0 Å². The van der Waals surface area contributed by atoms with Gasteiger partial charge in [-0.05, 0) is 39.7 Å². The molecule has 0 spiro atoms. The Labute approximate surface area is 146 Å². The van der Waals surface area contributed by atoms with Crippen LogP contribution < -0.4 is 5.56 Å². The Kier molecular flexibility index (Phi) is 4.03. The summed E-state index contributed by atoms with van der Waals surface area (Å²) < 4.78 is 6.14. The van der Waals surface area contributed by atoms with E-state index in [-0.39, 0.29) is 5.56 Å². The summed E-state index contributed by atoms with van der Waals surface area (Å²) in [7, 11) is 0. The van der Waals surface area contributed by atoms with E-state index < -0.39 is 0 Å². The summed E-state index contributed by atoms with van der Waals surface area (Å²) in [6.45, 7) is 2.21. The minimum atomic E-state index is -0.0926. The van der Waals surface area contributed by atoms with E-state index in [0.29, 0.717) is 18.1 Å². The predicted molar refractivity (Wildman–Crippen MR) is 92.3 cm³/mol. The number of halogens is 1. The molecular formula is C17H15BrN4O2. The van der Waals surface area contributed by atoms with E-state index in [2.05, 4.69) is 35.8 Å². The first kappa shape index (κ1) is 15.3. The van der Waals surface area contributed by atoms with Crippen molar-refractivity contribution < 1.29 is 4.42 Å². The maximum Gasteiger partial charge on any atom is 0.256 e. The van der Waals surface area contributed by atoms with Gasteiger partial charge >= 0.3 is 0 Å². The van der Waals surface area contributed by atoms with Crippen molar-refractivity contribution >= 4 is 15.9 Å². The minimum absolute atomic E-state index is 0.0926. The third-order valence-electron chi connectivity index (χ3n) is 4.10. The van der Waals surface area contributed by atoms with E-state index in [0.717, 1.165) is 40.9 Å². The van der Waals surface area contributed by atoms with Crippen molar-refractivity contribution in [2.24, 2.45) is 0 Å². The van der Waals surface area contributed by atoms with Gasteiger partial charge in [-0.2, -0.15) is 0 Å². The smallest absolute Gasteiger partial charge is 0.256 e. The Hall–Kier alpha value is -2.25. The summed E-state index contributed by atoms with van der Waals surface area (Å²) in [4.78, 5) is 26.3. The molecule has 7 heteroatoms. The number of fused-ring (bicyclic) bond motifs is 1. The molecule has 0 atom stereocenters. The highest BCUT2D eigenvalue weighted by Gasteiger charge is 2.22. The van der Waals surface area contributed by atoms with E-state index in [1.807, 2.05) is 18.3 Å². The standard InChI is InChI=1S/C17H15BrN4O2/c18-15-4-3-11(8-19-15)9-22-6-5-13-12(10-22)17(23)21-16(20-13)14-2-1-7-24-14/h1-4,7-8H,5-6,9-10H2,(H,20,21,23). The average molecular weight is 387 g/mol. The maximum atomic E-state index is 12.4. The van der Waals surface area contributed by atoms with E-state index in [1.54, 1.807) is 18.4 Å². The minimum Gasteiger partial charge on any atom is -0.461 e. The van der Waals surface area contributed by atoms with Crippen LogP contribution in [0.3, 0.4) is 0 Å². The molecule has 0 fully saturated rings. The molecule has 1 N–H and O–H groups in total. The van der Waals surface area contributed by atoms with Gasteiger partial charge in [0.05, 0.1) is 17.5 Å². The van der Waals surface area contributed by atoms with Gasteiger partial charge in [-0.1, -0.05) is 6.07 Å². The molecule has 3 aromatic rings. The lowest BCUT2D eigenvalue weighted by Crippen LogP contribution is -2.35. The summed E-state index contributed by atoms with van der Waals surface area (Å²) >= 11 is 3.34. The fourth-order valence-electron chi connectivity index (χ4n) is 2.90. The zero-order chi connectivity index (χ0) is 16.5. The number of rotatable bonds is 3. The molecule has 0 aromatic carbocycles. The molecule has 3 aromatic heterocycles. The van der Waals surface area contributed by atoms with Crippen LogP contribution >= 0.6 is 15.9 Å². The Morgan fingerprint density at radius 2 is 2.25 bits per heavy atom. The van der Waals surface area contributed by atoms with Gasteiger partial charge in [-0.15, -0.1) is 0 Å². The number of aromatic amines is 1. The Balaban J connectivity index is 1.57. The molecule has 0 aliphatic carbocycles. The van der Waals surface area contributed by atoms with Gasteiger partial charge in [0.2, 0.25) is 0 Å². The van der Waals surface area contributed by atoms with Crippen LogP contribution in [0.25, 0.3) is 11.6 Å². The summed E-state index contributed by atoms with van der Waals surface area (Å²) in [5.74, 6) is 1.08. The quantitative estimate of drug-likeness (QED) is 0.700. The molecule has 0 amide bonds. The van der Waals surface area contributed by atoms with E-state index >= 15 is 0 Å². The van der Waals surface area contributed by atoms with Crippen LogP contribution in [-0.2, 0) is 19.5 Å². The van der Waals surface area contributed by atoms with Gasteiger partial charge in [0.1, 0.15) is 4.60 Å². The fraction of sp³-hybridized carbons (Fsp3) is 0.235. The van der Waals surface area contributed by atoms with Gasteiger partial charge in [0.25, 0.3) is 5.56 Å². The Bertz CT molecular complexity index is 903.